The van der Waals surface area contributed by atoms with E-state index >= 15 is 0 Å². The van der Waals surface area contributed by atoms with Crippen LogP contribution < -0.4 is 15.1 Å². The van der Waals surface area contributed by atoms with E-state index in [-0.39, 0.29) is 5.91 Å². The molecule has 1 saturated heterocycles. The fourth-order valence-corrected chi connectivity index (χ4v) is 4.02. The van der Waals surface area contributed by atoms with Crippen LogP contribution in [0.5, 0.6) is 0 Å². The SMILES string of the molecule is O=C(Cc1ccc(Cl)cc1)Nc1ccc(N2CC[NH+](Cc3ccccc3)CC2)cc1. The van der Waals surface area contributed by atoms with E-state index in [4.69, 9.17) is 11.6 Å². The number of piperazine rings is 1. The molecule has 0 bridgehead atoms. The summed E-state index contributed by atoms with van der Waals surface area (Å²) in [6.45, 7) is 5.45. The standard InChI is InChI=1S/C25H26ClN3O/c26-22-8-6-20(7-9-22)18-25(30)27-23-10-12-24(13-11-23)29-16-14-28(15-17-29)19-21-4-2-1-3-5-21/h1-13H,14-19H2,(H,27,30)/p+1. The summed E-state index contributed by atoms with van der Waals surface area (Å²) in [5, 5.41) is 3.65. The van der Waals surface area contributed by atoms with Crippen molar-refractivity contribution in [3.63, 3.8) is 0 Å². The van der Waals surface area contributed by atoms with Crippen molar-refractivity contribution in [3.8, 4) is 0 Å². The fraction of sp³-hybridized carbons (Fsp3) is 0.240. The molecule has 1 heterocycles. The zero-order valence-electron chi connectivity index (χ0n) is 17.0. The first-order valence-electron chi connectivity index (χ1n) is 10.4. The molecule has 1 amide bonds. The summed E-state index contributed by atoms with van der Waals surface area (Å²) in [6, 6.07) is 26.2. The van der Waals surface area contributed by atoms with Gasteiger partial charge in [0.2, 0.25) is 5.91 Å². The highest BCUT2D eigenvalue weighted by atomic mass is 35.5. The van der Waals surface area contributed by atoms with Crippen LogP contribution >= 0.6 is 11.6 Å². The Bertz CT molecular complexity index is 950. The van der Waals surface area contributed by atoms with E-state index in [1.165, 1.54) is 11.3 Å². The summed E-state index contributed by atoms with van der Waals surface area (Å²) in [5.74, 6) is -0.0248. The number of amides is 1. The number of anilines is 2. The first kappa shape index (κ1) is 20.5. The van der Waals surface area contributed by atoms with Crippen LogP contribution in [0.25, 0.3) is 0 Å². The van der Waals surface area contributed by atoms with Crippen LogP contribution in [0.4, 0.5) is 11.4 Å². The minimum Gasteiger partial charge on any atom is -0.360 e. The molecule has 0 aromatic heterocycles. The third kappa shape index (κ3) is 5.62. The molecule has 154 valence electrons. The number of benzene rings is 3. The van der Waals surface area contributed by atoms with Crippen molar-refractivity contribution >= 4 is 28.9 Å². The number of carbonyl (C=O) groups is 1. The molecule has 4 nitrogen and oxygen atoms in total. The Morgan fingerprint density at radius 1 is 0.867 bits per heavy atom. The van der Waals surface area contributed by atoms with Gasteiger partial charge in [0.05, 0.1) is 32.6 Å². The number of quaternary nitrogens is 1. The van der Waals surface area contributed by atoms with Gasteiger partial charge in [-0.2, -0.15) is 0 Å². The molecule has 1 aliphatic rings. The molecule has 2 N–H and O–H groups in total. The van der Waals surface area contributed by atoms with E-state index < -0.39 is 0 Å². The van der Waals surface area contributed by atoms with Gasteiger partial charge in [0.25, 0.3) is 0 Å². The quantitative estimate of drug-likeness (QED) is 0.641. The molecule has 1 fully saturated rings. The van der Waals surface area contributed by atoms with Crippen molar-refractivity contribution in [1.82, 2.24) is 0 Å². The summed E-state index contributed by atoms with van der Waals surface area (Å²) >= 11 is 5.90. The Morgan fingerprint density at radius 2 is 1.53 bits per heavy atom. The second-order valence-corrected chi connectivity index (χ2v) is 8.23. The molecule has 0 unspecified atom stereocenters. The van der Waals surface area contributed by atoms with Gasteiger partial charge in [-0.15, -0.1) is 0 Å². The molecular formula is C25H27ClN3O+. The predicted molar refractivity (Wildman–Crippen MR) is 123 cm³/mol. The molecule has 0 spiro atoms. The largest absolute Gasteiger partial charge is 0.360 e. The van der Waals surface area contributed by atoms with Gasteiger partial charge in [0.1, 0.15) is 6.54 Å². The van der Waals surface area contributed by atoms with Crippen LogP contribution in [0.3, 0.4) is 0 Å². The maximum absolute atomic E-state index is 12.3. The number of rotatable bonds is 6. The molecule has 0 aliphatic carbocycles. The van der Waals surface area contributed by atoms with E-state index in [2.05, 4.69) is 52.7 Å². The van der Waals surface area contributed by atoms with E-state index in [1.807, 2.05) is 24.3 Å². The molecule has 3 aromatic carbocycles. The van der Waals surface area contributed by atoms with Crippen LogP contribution in [0.2, 0.25) is 5.02 Å². The third-order valence-corrected chi connectivity index (χ3v) is 5.81. The average Bonchev–Trinajstić information content (AvgIpc) is 2.77. The Morgan fingerprint density at radius 3 is 2.20 bits per heavy atom. The van der Waals surface area contributed by atoms with E-state index in [9.17, 15) is 4.79 Å². The second-order valence-electron chi connectivity index (χ2n) is 7.80. The number of nitrogens with zero attached hydrogens (tertiary/aromatic N) is 1. The Balaban J connectivity index is 1.26. The van der Waals surface area contributed by atoms with Gasteiger partial charge in [0, 0.05) is 22.0 Å². The lowest BCUT2D eigenvalue weighted by atomic mass is 10.1. The highest BCUT2D eigenvalue weighted by molar-refractivity contribution is 6.30. The maximum Gasteiger partial charge on any atom is 0.228 e. The van der Waals surface area contributed by atoms with Gasteiger partial charge in [-0.1, -0.05) is 54.1 Å². The molecule has 0 atom stereocenters. The molecule has 4 rings (SSSR count). The molecule has 1 aliphatic heterocycles. The minimum absolute atomic E-state index is 0.0248. The molecule has 3 aromatic rings. The molecule has 30 heavy (non-hydrogen) atoms. The number of carbonyl (C=O) groups excluding carboxylic acids is 1. The zero-order valence-corrected chi connectivity index (χ0v) is 17.7. The van der Waals surface area contributed by atoms with Crippen LogP contribution in [0.15, 0.2) is 78.9 Å². The van der Waals surface area contributed by atoms with Crippen molar-refractivity contribution in [2.24, 2.45) is 0 Å². The van der Waals surface area contributed by atoms with Crippen LogP contribution in [0, 0.1) is 0 Å². The monoisotopic (exact) mass is 420 g/mol. The fourth-order valence-electron chi connectivity index (χ4n) is 3.89. The lowest BCUT2D eigenvalue weighted by Gasteiger charge is -2.33. The Labute approximate surface area is 183 Å². The van der Waals surface area contributed by atoms with Crippen molar-refractivity contribution in [3.05, 3.63) is 95.0 Å². The first-order valence-corrected chi connectivity index (χ1v) is 10.8. The summed E-state index contributed by atoms with van der Waals surface area (Å²) in [5.41, 5.74) is 4.39. The highest BCUT2D eigenvalue weighted by Crippen LogP contribution is 2.18. The summed E-state index contributed by atoms with van der Waals surface area (Å²) in [6.07, 6.45) is 0.338. The Kier molecular flexibility index (Phi) is 6.67. The average molecular weight is 421 g/mol. The van der Waals surface area contributed by atoms with Gasteiger partial charge in [-0.05, 0) is 42.0 Å². The molecule has 5 heteroatoms. The van der Waals surface area contributed by atoms with Gasteiger partial charge in [-0.3, -0.25) is 4.79 Å². The molecule has 0 radical (unpaired) electrons. The predicted octanol–water partition coefficient (Wildman–Crippen LogP) is 3.43. The van der Waals surface area contributed by atoms with Gasteiger partial charge < -0.3 is 15.1 Å². The van der Waals surface area contributed by atoms with E-state index in [0.29, 0.717) is 11.4 Å². The van der Waals surface area contributed by atoms with Gasteiger partial charge in [-0.25, -0.2) is 0 Å². The van der Waals surface area contributed by atoms with Gasteiger partial charge in [0.15, 0.2) is 0 Å². The number of hydrogen-bond acceptors (Lipinski definition) is 2. The number of halogens is 1. The summed E-state index contributed by atoms with van der Waals surface area (Å²) < 4.78 is 0. The van der Waals surface area contributed by atoms with Crippen molar-refractivity contribution in [2.75, 3.05) is 36.4 Å². The number of hydrogen-bond donors (Lipinski definition) is 2. The zero-order chi connectivity index (χ0) is 20.8. The van der Waals surface area contributed by atoms with Crippen molar-refractivity contribution in [2.45, 2.75) is 13.0 Å². The normalized spacial score (nSPS) is 14.5. The maximum atomic E-state index is 12.3. The van der Waals surface area contributed by atoms with Crippen molar-refractivity contribution in [1.29, 1.82) is 0 Å². The van der Waals surface area contributed by atoms with Crippen molar-refractivity contribution < 1.29 is 9.69 Å². The minimum atomic E-state index is -0.0248. The molecule has 0 saturated carbocycles. The lowest BCUT2D eigenvalue weighted by molar-refractivity contribution is -0.914. The highest BCUT2D eigenvalue weighted by Gasteiger charge is 2.20. The smallest absolute Gasteiger partial charge is 0.228 e. The van der Waals surface area contributed by atoms with E-state index in [0.717, 1.165) is 44.0 Å². The second kappa shape index (κ2) is 9.79. The first-order chi connectivity index (χ1) is 14.7. The molecular weight excluding hydrogens is 394 g/mol. The lowest BCUT2D eigenvalue weighted by Crippen LogP contribution is -3.13. The third-order valence-electron chi connectivity index (χ3n) is 5.56. The van der Waals surface area contributed by atoms with E-state index in [1.54, 1.807) is 17.0 Å². The number of nitrogens with one attached hydrogen (secondary N) is 2. The van der Waals surface area contributed by atoms with Crippen LogP contribution in [-0.4, -0.2) is 32.1 Å². The Hall–Kier alpha value is -2.82. The topological polar surface area (TPSA) is 36.8 Å². The van der Waals surface area contributed by atoms with Gasteiger partial charge >= 0.3 is 0 Å². The summed E-state index contributed by atoms with van der Waals surface area (Å²) in [4.78, 5) is 16.3. The summed E-state index contributed by atoms with van der Waals surface area (Å²) in [7, 11) is 0. The van der Waals surface area contributed by atoms with Crippen LogP contribution in [0.1, 0.15) is 11.1 Å². The van der Waals surface area contributed by atoms with Crippen LogP contribution in [-0.2, 0) is 17.8 Å².